The molecule has 0 radical (unpaired) electrons. The zero-order valence-electron chi connectivity index (χ0n) is 10.2. The maximum absolute atomic E-state index is 12.1. The van der Waals surface area contributed by atoms with Gasteiger partial charge in [0.05, 0.1) is 11.4 Å². The smallest absolute Gasteiger partial charge is 0.243 e. The Kier molecular flexibility index (Phi) is 5.30. The fraction of sp³-hybridized carbons (Fsp3) is 0.364. The SMILES string of the molecule is CCNC(=O)CN(C)S(=O)(=O)c1ccc(Br)cc1. The van der Waals surface area contributed by atoms with Gasteiger partial charge in [0.1, 0.15) is 0 Å². The highest BCUT2D eigenvalue weighted by Crippen LogP contribution is 2.17. The van der Waals surface area contributed by atoms with Crippen LogP contribution in [0.3, 0.4) is 0 Å². The van der Waals surface area contributed by atoms with E-state index in [0.717, 1.165) is 8.78 Å². The highest BCUT2D eigenvalue weighted by molar-refractivity contribution is 9.10. The standard InChI is InChI=1S/C11H15BrN2O3S/c1-3-13-11(15)8-14(2)18(16,17)10-6-4-9(12)5-7-10/h4-7H,3,8H2,1-2H3,(H,13,15). The van der Waals surface area contributed by atoms with Crippen molar-refractivity contribution in [3.8, 4) is 0 Å². The van der Waals surface area contributed by atoms with Crippen molar-refractivity contribution in [3.63, 3.8) is 0 Å². The summed E-state index contributed by atoms with van der Waals surface area (Å²) in [5, 5.41) is 2.56. The first kappa shape index (κ1) is 15.1. The zero-order valence-corrected chi connectivity index (χ0v) is 12.6. The van der Waals surface area contributed by atoms with E-state index in [1.165, 1.54) is 19.2 Å². The molecule has 0 aliphatic heterocycles. The molecule has 0 aliphatic rings. The van der Waals surface area contributed by atoms with Crippen molar-refractivity contribution in [1.82, 2.24) is 9.62 Å². The quantitative estimate of drug-likeness (QED) is 0.879. The summed E-state index contributed by atoms with van der Waals surface area (Å²) in [6, 6.07) is 6.28. The number of nitrogens with one attached hydrogen (secondary N) is 1. The summed E-state index contributed by atoms with van der Waals surface area (Å²) in [6.07, 6.45) is 0. The Morgan fingerprint density at radius 1 is 1.33 bits per heavy atom. The maximum Gasteiger partial charge on any atom is 0.243 e. The van der Waals surface area contributed by atoms with Crippen LogP contribution in [0.15, 0.2) is 33.6 Å². The van der Waals surface area contributed by atoms with E-state index in [1.54, 1.807) is 19.1 Å². The van der Waals surface area contributed by atoms with Gasteiger partial charge >= 0.3 is 0 Å². The molecular weight excluding hydrogens is 320 g/mol. The van der Waals surface area contributed by atoms with Crippen LogP contribution in [0.25, 0.3) is 0 Å². The van der Waals surface area contributed by atoms with Crippen LogP contribution in [-0.4, -0.2) is 38.8 Å². The molecule has 1 rings (SSSR count). The highest BCUT2D eigenvalue weighted by Gasteiger charge is 2.22. The molecule has 100 valence electrons. The van der Waals surface area contributed by atoms with Crippen molar-refractivity contribution in [1.29, 1.82) is 0 Å². The fourth-order valence-corrected chi connectivity index (χ4v) is 2.72. The van der Waals surface area contributed by atoms with Gasteiger partial charge < -0.3 is 5.32 Å². The molecule has 0 aromatic heterocycles. The largest absolute Gasteiger partial charge is 0.355 e. The molecule has 5 nitrogen and oxygen atoms in total. The number of hydrogen-bond donors (Lipinski definition) is 1. The average Bonchev–Trinajstić information content (AvgIpc) is 2.29. The Labute approximate surface area is 115 Å². The number of halogens is 1. The van der Waals surface area contributed by atoms with Gasteiger partial charge in [0.15, 0.2) is 0 Å². The summed E-state index contributed by atoms with van der Waals surface area (Å²) in [4.78, 5) is 11.5. The first-order valence-corrected chi connectivity index (χ1v) is 7.60. The second-order valence-corrected chi connectivity index (χ2v) is 6.63. The fourth-order valence-electron chi connectivity index (χ4n) is 1.33. The lowest BCUT2D eigenvalue weighted by Crippen LogP contribution is -2.38. The number of hydrogen-bond acceptors (Lipinski definition) is 3. The van der Waals surface area contributed by atoms with E-state index in [2.05, 4.69) is 21.2 Å². The topological polar surface area (TPSA) is 66.5 Å². The zero-order chi connectivity index (χ0) is 13.8. The van der Waals surface area contributed by atoms with Gasteiger partial charge in [-0.05, 0) is 31.2 Å². The van der Waals surface area contributed by atoms with Crippen LogP contribution in [0, 0.1) is 0 Å². The van der Waals surface area contributed by atoms with Crippen molar-refractivity contribution < 1.29 is 13.2 Å². The number of sulfonamides is 1. The Balaban J connectivity index is 2.86. The predicted octanol–water partition coefficient (Wildman–Crippen LogP) is 1.21. The summed E-state index contributed by atoms with van der Waals surface area (Å²) in [6.45, 7) is 2.07. The van der Waals surface area contributed by atoms with Crippen molar-refractivity contribution >= 4 is 31.9 Å². The molecule has 18 heavy (non-hydrogen) atoms. The molecule has 0 aliphatic carbocycles. The van der Waals surface area contributed by atoms with Crippen LogP contribution in [-0.2, 0) is 14.8 Å². The lowest BCUT2D eigenvalue weighted by molar-refractivity contribution is -0.121. The first-order valence-electron chi connectivity index (χ1n) is 5.36. The third-order valence-corrected chi connectivity index (χ3v) is 4.61. The minimum Gasteiger partial charge on any atom is -0.355 e. The predicted molar refractivity (Wildman–Crippen MR) is 72.6 cm³/mol. The molecule has 0 heterocycles. The average molecular weight is 335 g/mol. The van der Waals surface area contributed by atoms with Crippen LogP contribution < -0.4 is 5.32 Å². The minimum absolute atomic E-state index is 0.164. The molecule has 0 spiro atoms. The van der Waals surface area contributed by atoms with Gasteiger partial charge in [-0.25, -0.2) is 8.42 Å². The van der Waals surface area contributed by atoms with Gasteiger partial charge in [0.2, 0.25) is 15.9 Å². The van der Waals surface area contributed by atoms with E-state index in [1.807, 2.05) is 0 Å². The molecule has 0 saturated heterocycles. The van der Waals surface area contributed by atoms with Gasteiger partial charge in [-0.1, -0.05) is 15.9 Å². The molecule has 0 bridgehead atoms. The Morgan fingerprint density at radius 2 is 1.89 bits per heavy atom. The minimum atomic E-state index is -3.62. The molecule has 1 amide bonds. The van der Waals surface area contributed by atoms with Gasteiger partial charge in [-0.2, -0.15) is 4.31 Å². The van der Waals surface area contributed by atoms with Crippen LogP contribution in [0.5, 0.6) is 0 Å². The monoisotopic (exact) mass is 334 g/mol. The molecule has 7 heteroatoms. The van der Waals surface area contributed by atoms with E-state index in [9.17, 15) is 13.2 Å². The maximum atomic E-state index is 12.1. The second kappa shape index (κ2) is 6.31. The summed E-state index contributed by atoms with van der Waals surface area (Å²) < 4.78 is 26.1. The van der Waals surface area contributed by atoms with Gasteiger partial charge in [0, 0.05) is 18.1 Å². The summed E-state index contributed by atoms with van der Waals surface area (Å²) in [7, 11) is -2.24. The van der Waals surface area contributed by atoms with E-state index < -0.39 is 10.0 Å². The number of carbonyl (C=O) groups excluding carboxylic acids is 1. The third-order valence-electron chi connectivity index (χ3n) is 2.26. The molecule has 1 aromatic carbocycles. The van der Waals surface area contributed by atoms with Gasteiger partial charge in [-0.15, -0.1) is 0 Å². The molecule has 1 aromatic rings. The number of amides is 1. The second-order valence-electron chi connectivity index (χ2n) is 3.67. The third kappa shape index (κ3) is 3.79. The van der Waals surface area contributed by atoms with Crippen molar-refractivity contribution in [3.05, 3.63) is 28.7 Å². The van der Waals surface area contributed by atoms with Gasteiger partial charge in [0.25, 0.3) is 0 Å². The number of benzene rings is 1. The van der Waals surface area contributed by atoms with Crippen molar-refractivity contribution in [2.75, 3.05) is 20.1 Å². The van der Waals surface area contributed by atoms with Crippen molar-refractivity contribution in [2.24, 2.45) is 0 Å². The molecule has 0 fully saturated rings. The van der Waals surface area contributed by atoms with E-state index >= 15 is 0 Å². The molecule has 0 unspecified atom stereocenters. The van der Waals surface area contributed by atoms with Crippen LogP contribution in [0.2, 0.25) is 0 Å². The normalized spacial score (nSPS) is 11.6. The number of nitrogens with zero attached hydrogens (tertiary/aromatic N) is 1. The lowest BCUT2D eigenvalue weighted by atomic mass is 10.4. The Morgan fingerprint density at radius 3 is 2.39 bits per heavy atom. The van der Waals surface area contributed by atoms with Gasteiger partial charge in [-0.3, -0.25) is 4.79 Å². The first-order chi connectivity index (χ1) is 8.37. The Hall–Kier alpha value is -0.920. The van der Waals surface area contributed by atoms with Crippen molar-refractivity contribution in [2.45, 2.75) is 11.8 Å². The number of carbonyl (C=O) groups is 1. The molecule has 1 N–H and O–H groups in total. The lowest BCUT2D eigenvalue weighted by Gasteiger charge is -2.16. The van der Waals surface area contributed by atoms with Crippen LogP contribution >= 0.6 is 15.9 Å². The number of rotatable bonds is 5. The summed E-state index contributed by atoms with van der Waals surface area (Å²) in [5.74, 6) is -0.319. The number of likely N-dealkylation sites (N-methyl/N-ethyl adjacent to an activating group) is 2. The highest BCUT2D eigenvalue weighted by atomic mass is 79.9. The summed E-state index contributed by atoms with van der Waals surface area (Å²) in [5.41, 5.74) is 0. The molecule has 0 atom stereocenters. The van der Waals surface area contributed by atoms with Crippen LogP contribution in [0.1, 0.15) is 6.92 Å². The molecule has 0 saturated carbocycles. The molecular formula is C11H15BrN2O3S. The van der Waals surface area contributed by atoms with E-state index in [4.69, 9.17) is 0 Å². The van der Waals surface area contributed by atoms with E-state index in [0.29, 0.717) is 6.54 Å². The Bertz CT molecular complexity index is 514. The van der Waals surface area contributed by atoms with Crippen LogP contribution in [0.4, 0.5) is 0 Å². The van der Waals surface area contributed by atoms with E-state index in [-0.39, 0.29) is 17.3 Å². The summed E-state index contributed by atoms with van der Waals surface area (Å²) >= 11 is 3.24.